The van der Waals surface area contributed by atoms with Crippen LogP contribution in [0.1, 0.15) is 11.6 Å². The van der Waals surface area contributed by atoms with Crippen LogP contribution in [0.5, 0.6) is 11.5 Å². The van der Waals surface area contributed by atoms with Crippen molar-refractivity contribution in [3.8, 4) is 11.5 Å². The molecule has 20 heavy (non-hydrogen) atoms. The molecular formula is C12H14N4O3S. The molecule has 3 rings (SSSR count). The van der Waals surface area contributed by atoms with Crippen LogP contribution in [0.25, 0.3) is 0 Å². The van der Waals surface area contributed by atoms with Crippen molar-refractivity contribution in [1.82, 2.24) is 14.8 Å². The Labute approximate surface area is 119 Å². The van der Waals surface area contributed by atoms with E-state index in [9.17, 15) is 4.79 Å². The first-order chi connectivity index (χ1) is 9.65. The van der Waals surface area contributed by atoms with Crippen LogP contribution in [-0.4, -0.2) is 27.3 Å². The van der Waals surface area contributed by atoms with E-state index in [1.54, 1.807) is 7.05 Å². The molecule has 1 unspecified atom stereocenters. The summed E-state index contributed by atoms with van der Waals surface area (Å²) < 4.78 is 12.0. The third kappa shape index (κ3) is 2.39. The van der Waals surface area contributed by atoms with Crippen LogP contribution >= 0.6 is 11.8 Å². The van der Waals surface area contributed by atoms with Gasteiger partial charge in [0.1, 0.15) is 0 Å². The van der Waals surface area contributed by atoms with Crippen LogP contribution in [0.15, 0.2) is 28.2 Å². The molecule has 0 saturated carbocycles. The molecule has 1 aliphatic heterocycles. The van der Waals surface area contributed by atoms with Gasteiger partial charge in [0, 0.05) is 18.8 Å². The van der Waals surface area contributed by atoms with Crippen molar-refractivity contribution >= 4 is 11.8 Å². The van der Waals surface area contributed by atoms with Gasteiger partial charge in [0.05, 0.1) is 0 Å². The van der Waals surface area contributed by atoms with Crippen molar-refractivity contribution in [2.45, 2.75) is 11.2 Å². The lowest BCUT2D eigenvalue weighted by Crippen LogP contribution is -2.15. The molecule has 2 heterocycles. The molecule has 106 valence electrons. The Morgan fingerprint density at radius 1 is 1.50 bits per heavy atom. The summed E-state index contributed by atoms with van der Waals surface area (Å²) in [6.45, 7) is 0.248. The monoisotopic (exact) mass is 294 g/mol. The molecule has 0 amide bonds. The summed E-state index contributed by atoms with van der Waals surface area (Å²) in [5.74, 6) is 2.07. The Balaban J connectivity index is 1.69. The molecule has 0 radical (unpaired) electrons. The smallest absolute Gasteiger partial charge is 0.343 e. The normalized spacial score (nSPS) is 14.5. The summed E-state index contributed by atoms with van der Waals surface area (Å²) >= 11 is 1.43. The largest absolute Gasteiger partial charge is 0.454 e. The van der Waals surface area contributed by atoms with Gasteiger partial charge in [-0.25, -0.2) is 9.89 Å². The average Bonchev–Trinajstić information content (AvgIpc) is 3.04. The summed E-state index contributed by atoms with van der Waals surface area (Å²) in [5, 5.41) is 6.94. The second-order valence-corrected chi connectivity index (χ2v) is 5.39. The number of nitrogens with zero attached hydrogens (tertiary/aromatic N) is 2. The van der Waals surface area contributed by atoms with Crippen molar-refractivity contribution < 1.29 is 9.47 Å². The van der Waals surface area contributed by atoms with E-state index in [1.165, 1.54) is 16.3 Å². The number of benzene rings is 1. The van der Waals surface area contributed by atoms with Crippen LogP contribution in [0, 0.1) is 0 Å². The summed E-state index contributed by atoms with van der Waals surface area (Å²) in [5.41, 5.74) is 6.88. The number of aromatic amines is 1. The van der Waals surface area contributed by atoms with Crippen molar-refractivity contribution in [2.24, 2.45) is 12.8 Å². The standard InChI is InChI=1S/C12H14N4O3S/c1-16-11(17)14-15-12(16)20-5-8(13)7-2-3-9-10(4-7)19-6-18-9/h2-4,8H,5-6,13H2,1H3,(H,14,17). The van der Waals surface area contributed by atoms with Gasteiger partial charge in [0.25, 0.3) is 0 Å². The summed E-state index contributed by atoms with van der Waals surface area (Å²) in [7, 11) is 1.67. The Morgan fingerprint density at radius 2 is 2.30 bits per heavy atom. The highest BCUT2D eigenvalue weighted by molar-refractivity contribution is 7.99. The van der Waals surface area contributed by atoms with Gasteiger partial charge in [-0.1, -0.05) is 17.8 Å². The topological polar surface area (TPSA) is 95.2 Å². The van der Waals surface area contributed by atoms with Crippen molar-refractivity contribution in [3.05, 3.63) is 34.2 Å². The Hall–Kier alpha value is -1.93. The summed E-state index contributed by atoms with van der Waals surface area (Å²) in [6.07, 6.45) is 0. The van der Waals surface area contributed by atoms with E-state index >= 15 is 0 Å². The molecule has 0 aliphatic carbocycles. The van der Waals surface area contributed by atoms with E-state index in [-0.39, 0.29) is 18.5 Å². The first-order valence-electron chi connectivity index (χ1n) is 6.04. The lowest BCUT2D eigenvalue weighted by molar-refractivity contribution is 0.174. The third-order valence-corrected chi connectivity index (χ3v) is 4.20. The number of ether oxygens (including phenoxy) is 2. The third-order valence-electron chi connectivity index (χ3n) is 3.06. The Morgan fingerprint density at radius 3 is 3.05 bits per heavy atom. The van der Waals surface area contributed by atoms with E-state index in [1.807, 2.05) is 18.2 Å². The molecular weight excluding hydrogens is 280 g/mol. The molecule has 2 aromatic rings. The Kier molecular flexibility index (Phi) is 3.41. The van der Waals surface area contributed by atoms with Gasteiger partial charge >= 0.3 is 5.69 Å². The molecule has 0 bridgehead atoms. The fourth-order valence-corrected chi connectivity index (χ4v) is 2.77. The highest BCUT2D eigenvalue weighted by Crippen LogP contribution is 2.34. The van der Waals surface area contributed by atoms with Gasteiger partial charge in [-0.05, 0) is 17.7 Å². The SMILES string of the molecule is Cn1c(SCC(N)c2ccc3c(c2)OCO3)n[nH]c1=O. The maximum absolute atomic E-state index is 11.3. The minimum atomic E-state index is -0.232. The van der Waals surface area contributed by atoms with Crippen molar-refractivity contribution in [2.75, 3.05) is 12.5 Å². The number of rotatable bonds is 4. The molecule has 1 atom stereocenters. The van der Waals surface area contributed by atoms with Crippen LogP contribution < -0.4 is 20.9 Å². The number of nitrogens with one attached hydrogen (secondary N) is 1. The number of nitrogens with two attached hydrogens (primary N) is 1. The van der Waals surface area contributed by atoms with Crippen LogP contribution in [0.2, 0.25) is 0 Å². The summed E-state index contributed by atoms with van der Waals surface area (Å²) in [6, 6.07) is 5.48. The zero-order valence-electron chi connectivity index (χ0n) is 10.8. The van der Waals surface area contributed by atoms with Crippen molar-refractivity contribution in [3.63, 3.8) is 0 Å². The number of hydrogen-bond acceptors (Lipinski definition) is 6. The number of H-pyrrole nitrogens is 1. The summed E-state index contributed by atoms with van der Waals surface area (Å²) in [4.78, 5) is 11.3. The van der Waals surface area contributed by atoms with E-state index in [0.717, 1.165) is 17.1 Å². The lowest BCUT2D eigenvalue weighted by atomic mass is 10.1. The molecule has 1 aromatic carbocycles. The van der Waals surface area contributed by atoms with Gasteiger partial charge < -0.3 is 15.2 Å². The Bertz CT molecular complexity index is 682. The minimum Gasteiger partial charge on any atom is -0.454 e. The van der Waals surface area contributed by atoms with Gasteiger partial charge in [-0.15, -0.1) is 5.10 Å². The molecule has 1 aliphatic rings. The maximum Gasteiger partial charge on any atom is 0.343 e. The zero-order valence-corrected chi connectivity index (χ0v) is 11.6. The number of aromatic nitrogens is 3. The fraction of sp³-hybridized carbons (Fsp3) is 0.333. The predicted octanol–water partition coefficient (Wildman–Crippen LogP) is 0.629. The maximum atomic E-state index is 11.3. The lowest BCUT2D eigenvalue weighted by Gasteiger charge is -2.11. The minimum absolute atomic E-state index is 0.179. The molecule has 0 spiro atoms. The highest BCUT2D eigenvalue weighted by atomic mass is 32.2. The molecule has 7 nitrogen and oxygen atoms in total. The van der Waals surface area contributed by atoms with Crippen LogP contribution in [0.3, 0.4) is 0 Å². The van der Waals surface area contributed by atoms with Gasteiger partial charge in [-0.3, -0.25) is 4.57 Å². The zero-order chi connectivity index (χ0) is 14.1. The number of thioether (sulfide) groups is 1. The van der Waals surface area contributed by atoms with Crippen molar-refractivity contribution in [1.29, 1.82) is 0 Å². The van der Waals surface area contributed by atoms with E-state index in [2.05, 4.69) is 10.2 Å². The number of hydrogen-bond donors (Lipinski definition) is 2. The first kappa shape index (κ1) is 13.1. The molecule has 0 fully saturated rings. The van der Waals surface area contributed by atoms with E-state index in [4.69, 9.17) is 15.2 Å². The average molecular weight is 294 g/mol. The van der Waals surface area contributed by atoms with Gasteiger partial charge in [-0.2, -0.15) is 0 Å². The van der Waals surface area contributed by atoms with E-state index in [0.29, 0.717) is 10.9 Å². The van der Waals surface area contributed by atoms with Crippen LogP contribution in [0.4, 0.5) is 0 Å². The number of fused-ring (bicyclic) bond motifs is 1. The second kappa shape index (κ2) is 5.22. The fourth-order valence-electron chi connectivity index (χ4n) is 1.87. The quantitative estimate of drug-likeness (QED) is 0.803. The molecule has 1 aromatic heterocycles. The molecule has 8 heteroatoms. The van der Waals surface area contributed by atoms with Crippen LogP contribution in [-0.2, 0) is 7.05 Å². The molecule has 3 N–H and O–H groups in total. The van der Waals surface area contributed by atoms with Gasteiger partial charge in [0.15, 0.2) is 16.7 Å². The van der Waals surface area contributed by atoms with E-state index < -0.39 is 0 Å². The molecule has 0 saturated heterocycles. The predicted molar refractivity (Wildman–Crippen MR) is 74.0 cm³/mol. The first-order valence-corrected chi connectivity index (χ1v) is 7.03. The second-order valence-electron chi connectivity index (χ2n) is 4.40. The van der Waals surface area contributed by atoms with Gasteiger partial charge in [0.2, 0.25) is 6.79 Å². The highest BCUT2D eigenvalue weighted by Gasteiger charge is 2.16.